The van der Waals surface area contributed by atoms with Crippen molar-refractivity contribution in [2.75, 3.05) is 16.5 Å². The molecule has 12 aromatic rings. The zero-order chi connectivity index (χ0) is 51.0. The van der Waals surface area contributed by atoms with Crippen LogP contribution < -0.4 is 14.5 Å². The Bertz CT molecular complexity index is 4150. The number of aryl methyl sites for hydroxylation is 3. The second kappa shape index (κ2) is 14.9. The summed E-state index contributed by atoms with van der Waals surface area (Å²) >= 11 is 0. The maximum absolute atomic E-state index is 8.98. The molecule has 68 heavy (non-hydrogen) atoms. The van der Waals surface area contributed by atoms with Gasteiger partial charge in [-0.3, -0.25) is 4.57 Å². The SMILES string of the molecule is [2H]C([2H])([2H])n1c2ccccc2c2cc3c4ccccc4n(C([2H])([2H])[2H])c3c(N3CN(c4cccc(Oc5ccc6c7cc(C(C)(C)C)ccc7n(-c7cc(C)c(-c8ccccc8)cn7)c6c5)c4)c4ccccc43)c21. The fraction of sp³-hybridized carbons (Fsp3) is 0.131. The van der Waals surface area contributed by atoms with E-state index in [1.807, 2.05) is 134 Å². The maximum Gasteiger partial charge on any atom is 0.137 e. The van der Waals surface area contributed by atoms with Gasteiger partial charge in [-0.1, -0.05) is 112 Å². The van der Waals surface area contributed by atoms with Crippen LogP contribution in [-0.4, -0.2) is 25.4 Å². The number of pyridine rings is 1. The predicted octanol–water partition coefficient (Wildman–Crippen LogP) is 15.8. The summed E-state index contributed by atoms with van der Waals surface area (Å²) in [6, 6.07) is 58.4. The summed E-state index contributed by atoms with van der Waals surface area (Å²) in [7, 11) is 0. The lowest BCUT2D eigenvalue weighted by molar-refractivity contribution is 0.483. The lowest BCUT2D eigenvalue weighted by Crippen LogP contribution is -2.25. The summed E-state index contributed by atoms with van der Waals surface area (Å²) in [6.07, 6.45) is 1.97. The van der Waals surface area contributed by atoms with E-state index in [4.69, 9.17) is 17.9 Å². The molecule has 1 aliphatic rings. The molecule has 0 amide bonds. The first kappa shape index (κ1) is 34.1. The molecule has 0 N–H and O–H groups in total. The summed E-state index contributed by atoms with van der Waals surface area (Å²) in [5.41, 5.74) is 11.5. The van der Waals surface area contributed by atoms with Crippen LogP contribution in [0.25, 0.3) is 82.4 Å². The Balaban J connectivity index is 0.945. The van der Waals surface area contributed by atoms with Crippen LogP contribution in [0.15, 0.2) is 182 Å². The second-order valence-corrected chi connectivity index (χ2v) is 19.0. The standard InChI is InChI=1S/C61H50N6O/c1-38-31-57(62-36-50(38)39-17-8-7-9-18-39)67-53-30-27-40(61(2,3)4)32-47(53)46-29-28-43(34-56(46)67)68-42-20-16-19-41(33-42)65-37-66(55-26-15-14-25-54(55)65)60-58-48(44-21-10-12-23-51(44)63(58)5)35-49-45-22-11-13-24-52(45)64(6)59(49)60/h7-36H,37H2,1-6H3/i5D3,6D3. The van der Waals surface area contributed by atoms with Crippen LogP contribution >= 0.6 is 0 Å². The number of ether oxygens (including phenoxy) is 1. The number of benzene rings is 8. The average molecular weight is 889 g/mol. The Kier molecular flexibility index (Phi) is 7.45. The van der Waals surface area contributed by atoms with Crippen LogP contribution in [0.1, 0.15) is 40.1 Å². The van der Waals surface area contributed by atoms with Gasteiger partial charge in [0.25, 0.3) is 0 Å². The predicted molar refractivity (Wildman–Crippen MR) is 284 cm³/mol. The van der Waals surface area contributed by atoms with Gasteiger partial charge in [0.1, 0.15) is 24.0 Å². The number of aromatic nitrogens is 4. The van der Waals surface area contributed by atoms with E-state index < -0.39 is 14.0 Å². The van der Waals surface area contributed by atoms with Gasteiger partial charge in [0.15, 0.2) is 0 Å². The Morgan fingerprint density at radius 3 is 1.87 bits per heavy atom. The number of anilines is 4. The number of hydrogen-bond acceptors (Lipinski definition) is 4. The molecule has 0 bridgehead atoms. The molecule has 330 valence electrons. The van der Waals surface area contributed by atoms with E-state index in [9.17, 15) is 0 Å². The Morgan fingerprint density at radius 1 is 0.529 bits per heavy atom. The molecule has 0 spiro atoms. The van der Waals surface area contributed by atoms with Crippen molar-refractivity contribution in [3.8, 4) is 28.4 Å². The number of para-hydroxylation sites is 4. The van der Waals surface area contributed by atoms with E-state index in [1.165, 1.54) is 14.7 Å². The number of rotatable bonds is 6. The molecule has 0 aliphatic carbocycles. The van der Waals surface area contributed by atoms with Gasteiger partial charge in [-0.05, 0) is 102 Å². The van der Waals surface area contributed by atoms with Gasteiger partial charge in [0.2, 0.25) is 0 Å². The van der Waals surface area contributed by atoms with Gasteiger partial charge < -0.3 is 23.7 Å². The van der Waals surface area contributed by atoms with Crippen LogP contribution in [0.3, 0.4) is 0 Å². The maximum atomic E-state index is 8.98. The normalized spacial score (nSPS) is 14.7. The molecule has 0 radical (unpaired) electrons. The molecule has 0 atom stereocenters. The van der Waals surface area contributed by atoms with Gasteiger partial charge in [0.05, 0.1) is 39.1 Å². The molecule has 5 heterocycles. The molecule has 0 unspecified atom stereocenters. The molecule has 13 rings (SSSR count). The molecule has 0 saturated heterocycles. The van der Waals surface area contributed by atoms with Crippen molar-refractivity contribution < 1.29 is 13.0 Å². The van der Waals surface area contributed by atoms with E-state index >= 15 is 0 Å². The second-order valence-electron chi connectivity index (χ2n) is 19.0. The van der Waals surface area contributed by atoms with Gasteiger partial charge in [-0.25, -0.2) is 4.98 Å². The number of fused-ring (bicyclic) bond motifs is 10. The molecule has 8 aromatic carbocycles. The molecule has 0 saturated carbocycles. The quantitative estimate of drug-likeness (QED) is 0.167. The summed E-state index contributed by atoms with van der Waals surface area (Å²) in [6.45, 7) is 3.85. The van der Waals surface area contributed by atoms with Crippen LogP contribution in [0.5, 0.6) is 11.5 Å². The van der Waals surface area contributed by atoms with Crippen molar-refractivity contribution in [2.24, 2.45) is 14.0 Å². The van der Waals surface area contributed by atoms with Crippen molar-refractivity contribution in [1.29, 1.82) is 0 Å². The third-order valence-electron chi connectivity index (χ3n) is 14.0. The van der Waals surface area contributed by atoms with Crippen LogP contribution in [0, 0.1) is 6.92 Å². The van der Waals surface area contributed by atoms with E-state index in [0.29, 0.717) is 39.3 Å². The van der Waals surface area contributed by atoms with Gasteiger partial charge in [0, 0.05) is 95.1 Å². The summed E-state index contributed by atoms with van der Waals surface area (Å²) < 4.78 is 65.8. The zero-order valence-electron chi connectivity index (χ0n) is 44.1. The zero-order valence-corrected chi connectivity index (χ0v) is 38.1. The van der Waals surface area contributed by atoms with Crippen molar-refractivity contribution in [3.05, 3.63) is 193 Å². The minimum absolute atomic E-state index is 0.0508. The minimum atomic E-state index is -2.61. The summed E-state index contributed by atoms with van der Waals surface area (Å²) in [5.74, 6) is 2.08. The topological polar surface area (TPSA) is 43.4 Å². The minimum Gasteiger partial charge on any atom is -0.457 e. The van der Waals surface area contributed by atoms with E-state index in [2.05, 4.69) is 90.6 Å². The first-order valence-corrected chi connectivity index (χ1v) is 23.1. The molecule has 7 nitrogen and oxygen atoms in total. The van der Waals surface area contributed by atoms with Gasteiger partial charge in [-0.2, -0.15) is 0 Å². The molecule has 4 aromatic heterocycles. The highest BCUT2D eigenvalue weighted by Crippen LogP contribution is 2.51. The lowest BCUT2D eigenvalue weighted by atomic mass is 9.86. The summed E-state index contributed by atoms with van der Waals surface area (Å²) in [4.78, 5) is 9.33. The average Bonchev–Trinajstić information content (AvgIpc) is 4.15. The smallest absolute Gasteiger partial charge is 0.137 e. The first-order valence-electron chi connectivity index (χ1n) is 26.1. The van der Waals surface area contributed by atoms with Crippen molar-refractivity contribution in [3.63, 3.8) is 0 Å². The van der Waals surface area contributed by atoms with Crippen LogP contribution in [-0.2, 0) is 19.4 Å². The Labute approximate surface area is 403 Å². The van der Waals surface area contributed by atoms with Crippen molar-refractivity contribution in [2.45, 2.75) is 33.1 Å². The number of hydrogen-bond donors (Lipinski definition) is 0. The van der Waals surface area contributed by atoms with E-state index in [1.54, 1.807) is 0 Å². The molecule has 0 fully saturated rings. The number of nitrogens with zero attached hydrogens (tertiary/aromatic N) is 6. The highest BCUT2D eigenvalue weighted by atomic mass is 16.5. The van der Waals surface area contributed by atoms with Crippen LogP contribution in [0.4, 0.5) is 22.7 Å². The molecule has 7 heteroatoms. The first-order chi connectivity index (χ1) is 35.5. The Hall–Kier alpha value is -8.29. The van der Waals surface area contributed by atoms with Crippen molar-refractivity contribution in [1.82, 2.24) is 18.7 Å². The summed E-state index contributed by atoms with van der Waals surface area (Å²) in [5, 5.41) is 5.20. The van der Waals surface area contributed by atoms with E-state index in [0.717, 1.165) is 82.9 Å². The fourth-order valence-corrected chi connectivity index (χ4v) is 10.6. The van der Waals surface area contributed by atoms with Crippen molar-refractivity contribution >= 4 is 88.2 Å². The highest BCUT2D eigenvalue weighted by molar-refractivity contribution is 6.25. The Morgan fingerprint density at radius 2 is 1.18 bits per heavy atom. The van der Waals surface area contributed by atoms with Crippen LogP contribution in [0.2, 0.25) is 0 Å². The molecule has 1 aliphatic heterocycles. The monoisotopic (exact) mass is 888 g/mol. The van der Waals surface area contributed by atoms with Gasteiger partial charge >= 0.3 is 0 Å². The lowest BCUT2D eigenvalue weighted by Gasteiger charge is -2.25. The van der Waals surface area contributed by atoms with Gasteiger partial charge in [-0.15, -0.1) is 0 Å². The fourth-order valence-electron chi connectivity index (χ4n) is 10.6. The third kappa shape index (κ3) is 6.01. The van der Waals surface area contributed by atoms with E-state index in [-0.39, 0.29) is 12.1 Å². The highest BCUT2D eigenvalue weighted by Gasteiger charge is 2.33. The largest absolute Gasteiger partial charge is 0.457 e. The molecular formula is C61H50N6O. The molecular weight excluding hydrogens is 833 g/mol. The third-order valence-corrected chi connectivity index (χ3v) is 14.0.